The van der Waals surface area contributed by atoms with Crippen molar-refractivity contribution in [2.45, 2.75) is 24.7 Å². The van der Waals surface area contributed by atoms with Gasteiger partial charge in [-0.25, -0.2) is 13.2 Å². The fourth-order valence-electron chi connectivity index (χ4n) is 2.71. The number of hydrogen-bond donors (Lipinski definition) is 2. The Labute approximate surface area is 158 Å². The molecule has 3 rings (SSSR count). The van der Waals surface area contributed by atoms with E-state index in [1.807, 2.05) is 6.92 Å². The Kier molecular flexibility index (Phi) is 5.38. The van der Waals surface area contributed by atoms with Gasteiger partial charge in [0.25, 0.3) is 10.0 Å². The molecule has 2 aromatic carbocycles. The van der Waals surface area contributed by atoms with Crippen molar-refractivity contribution in [2.75, 3.05) is 23.1 Å². The van der Waals surface area contributed by atoms with E-state index in [0.29, 0.717) is 16.4 Å². The molecular formula is C18H20ClN3O3S. The van der Waals surface area contributed by atoms with Crippen LogP contribution in [0.15, 0.2) is 47.4 Å². The summed E-state index contributed by atoms with van der Waals surface area (Å²) in [5.41, 5.74) is 1.82. The van der Waals surface area contributed by atoms with Crippen molar-refractivity contribution in [1.82, 2.24) is 4.90 Å². The van der Waals surface area contributed by atoms with Crippen LogP contribution in [-0.2, 0) is 10.0 Å². The molecule has 0 saturated carbocycles. The lowest BCUT2D eigenvalue weighted by molar-refractivity contribution is 0.222. The fourth-order valence-corrected chi connectivity index (χ4v) is 3.94. The molecule has 6 nitrogen and oxygen atoms in total. The Morgan fingerprint density at radius 1 is 1.04 bits per heavy atom. The van der Waals surface area contributed by atoms with E-state index in [-0.39, 0.29) is 10.9 Å². The first kappa shape index (κ1) is 18.5. The van der Waals surface area contributed by atoms with Crippen LogP contribution in [0.3, 0.4) is 0 Å². The number of halogens is 1. The van der Waals surface area contributed by atoms with E-state index in [0.717, 1.165) is 31.5 Å². The average Bonchev–Trinajstić information content (AvgIpc) is 3.13. The van der Waals surface area contributed by atoms with Gasteiger partial charge in [-0.05, 0) is 61.7 Å². The summed E-state index contributed by atoms with van der Waals surface area (Å²) in [6, 6.07) is 10.9. The van der Waals surface area contributed by atoms with Crippen LogP contribution < -0.4 is 10.0 Å². The summed E-state index contributed by atoms with van der Waals surface area (Å²) < 4.78 is 27.5. The number of hydrogen-bond acceptors (Lipinski definition) is 3. The van der Waals surface area contributed by atoms with Crippen LogP contribution in [0.2, 0.25) is 5.02 Å². The molecule has 138 valence electrons. The third-order valence-electron chi connectivity index (χ3n) is 4.23. The molecule has 1 aliphatic heterocycles. The zero-order valence-corrected chi connectivity index (χ0v) is 15.9. The Bertz CT molecular complexity index is 908. The van der Waals surface area contributed by atoms with Crippen molar-refractivity contribution >= 4 is 39.0 Å². The van der Waals surface area contributed by atoms with Gasteiger partial charge in [0.2, 0.25) is 0 Å². The lowest BCUT2D eigenvalue weighted by atomic mass is 10.2. The highest BCUT2D eigenvalue weighted by Gasteiger charge is 2.18. The summed E-state index contributed by atoms with van der Waals surface area (Å²) in [6.07, 6.45) is 2.03. The number of likely N-dealkylation sites (tertiary alicyclic amines) is 1. The first-order chi connectivity index (χ1) is 12.3. The number of nitrogens with zero attached hydrogens (tertiary/aromatic N) is 1. The topological polar surface area (TPSA) is 78.5 Å². The number of sulfonamides is 1. The number of aryl methyl sites for hydroxylation is 1. The first-order valence-corrected chi connectivity index (χ1v) is 10.2. The molecule has 2 aromatic rings. The minimum absolute atomic E-state index is 0.105. The van der Waals surface area contributed by atoms with Crippen LogP contribution in [0.25, 0.3) is 0 Å². The van der Waals surface area contributed by atoms with Gasteiger partial charge in [0.1, 0.15) is 0 Å². The molecule has 0 bridgehead atoms. The predicted octanol–water partition coefficient (Wildman–Crippen LogP) is 4.08. The first-order valence-electron chi connectivity index (χ1n) is 8.30. The molecule has 2 amide bonds. The van der Waals surface area contributed by atoms with Gasteiger partial charge >= 0.3 is 6.03 Å². The van der Waals surface area contributed by atoms with Crippen molar-refractivity contribution in [3.05, 3.63) is 53.1 Å². The second-order valence-corrected chi connectivity index (χ2v) is 8.31. The Morgan fingerprint density at radius 3 is 2.27 bits per heavy atom. The zero-order valence-electron chi connectivity index (χ0n) is 14.3. The summed E-state index contributed by atoms with van der Waals surface area (Å²) in [4.78, 5) is 13.9. The molecule has 1 saturated heterocycles. The summed E-state index contributed by atoms with van der Waals surface area (Å²) >= 11 is 6.03. The Hall–Kier alpha value is -2.25. The number of amides is 2. The second-order valence-electron chi connectivity index (χ2n) is 6.22. The normalized spacial score (nSPS) is 14.3. The molecule has 1 aliphatic rings. The summed E-state index contributed by atoms with van der Waals surface area (Å²) in [5.74, 6) is 0. The van der Waals surface area contributed by atoms with Crippen molar-refractivity contribution < 1.29 is 13.2 Å². The predicted molar refractivity (Wildman–Crippen MR) is 103 cm³/mol. The van der Waals surface area contributed by atoms with Crippen molar-refractivity contribution in [3.8, 4) is 0 Å². The van der Waals surface area contributed by atoms with Gasteiger partial charge in [0, 0.05) is 23.8 Å². The van der Waals surface area contributed by atoms with Crippen molar-refractivity contribution in [3.63, 3.8) is 0 Å². The van der Waals surface area contributed by atoms with Crippen LogP contribution in [0.1, 0.15) is 18.4 Å². The summed E-state index contributed by atoms with van der Waals surface area (Å²) in [5, 5.41) is 3.27. The molecule has 0 atom stereocenters. The number of carbonyl (C=O) groups excluding carboxylic acids is 1. The zero-order chi connectivity index (χ0) is 18.7. The van der Waals surface area contributed by atoms with Gasteiger partial charge in [-0.1, -0.05) is 17.7 Å². The van der Waals surface area contributed by atoms with E-state index in [1.54, 1.807) is 35.2 Å². The molecule has 2 N–H and O–H groups in total. The van der Waals surface area contributed by atoms with Gasteiger partial charge in [-0.15, -0.1) is 0 Å². The lowest BCUT2D eigenvalue weighted by Gasteiger charge is -2.16. The molecular weight excluding hydrogens is 374 g/mol. The molecule has 26 heavy (non-hydrogen) atoms. The van der Waals surface area contributed by atoms with Crippen molar-refractivity contribution in [2.24, 2.45) is 0 Å². The van der Waals surface area contributed by atoms with E-state index in [4.69, 9.17) is 11.6 Å². The number of carbonyl (C=O) groups is 1. The van der Waals surface area contributed by atoms with Gasteiger partial charge in [0.05, 0.1) is 10.6 Å². The number of nitrogens with one attached hydrogen (secondary N) is 2. The minimum atomic E-state index is -3.74. The van der Waals surface area contributed by atoms with Gasteiger partial charge in [-0.3, -0.25) is 4.72 Å². The van der Waals surface area contributed by atoms with Gasteiger partial charge in [0.15, 0.2) is 0 Å². The Morgan fingerprint density at radius 2 is 1.65 bits per heavy atom. The molecule has 1 heterocycles. The SMILES string of the molecule is Cc1ccc(NS(=O)(=O)c2ccc(NC(=O)N3CCCC3)cc2)cc1Cl. The van der Waals surface area contributed by atoms with Crippen LogP contribution in [0.4, 0.5) is 16.2 Å². The molecule has 1 fully saturated rings. The minimum Gasteiger partial charge on any atom is -0.325 e. The molecule has 0 spiro atoms. The third kappa shape index (κ3) is 4.28. The van der Waals surface area contributed by atoms with Crippen LogP contribution in [0, 0.1) is 6.92 Å². The summed E-state index contributed by atoms with van der Waals surface area (Å²) in [6.45, 7) is 3.35. The standard InChI is InChI=1S/C18H20ClN3O3S/c1-13-4-5-15(12-17(13)19)21-26(24,25)16-8-6-14(7-9-16)20-18(23)22-10-2-3-11-22/h4-9,12,21H,2-3,10-11H2,1H3,(H,20,23). The van der Waals surface area contributed by atoms with Crippen LogP contribution in [0.5, 0.6) is 0 Å². The number of anilines is 2. The van der Waals surface area contributed by atoms with E-state index in [9.17, 15) is 13.2 Å². The average molecular weight is 394 g/mol. The smallest absolute Gasteiger partial charge is 0.321 e. The molecule has 0 aromatic heterocycles. The van der Waals surface area contributed by atoms with Gasteiger partial charge in [-0.2, -0.15) is 0 Å². The van der Waals surface area contributed by atoms with Crippen LogP contribution in [-0.4, -0.2) is 32.4 Å². The monoisotopic (exact) mass is 393 g/mol. The quantitative estimate of drug-likeness (QED) is 0.821. The maximum atomic E-state index is 12.5. The molecule has 0 radical (unpaired) electrons. The number of rotatable bonds is 4. The fraction of sp³-hybridized carbons (Fsp3) is 0.278. The number of benzene rings is 2. The third-order valence-corrected chi connectivity index (χ3v) is 6.04. The highest BCUT2D eigenvalue weighted by molar-refractivity contribution is 7.92. The van der Waals surface area contributed by atoms with E-state index in [2.05, 4.69) is 10.0 Å². The maximum absolute atomic E-state index is 12.5. The second kappa shape index (κ2) is 7.55. The lowest BCUT2D eigenvalue weighted by Crippen LogP contribution is -2.32. The van der Waals surface area contributed by atoms with E-state index < -0.39 is 10.0 Å². The largest absolute Gasteiger partial charge is 0.325 e. The van der Waals surface area contributed by atoms with Gasteiger partial charge < -0.3 is 10.2 Å². The maximum Gasteiger partial charge on any atom is 0.321 e. The number of urea groups is 1. The van der Waals surface area contributed by atoms with Crippen LogP contribution >= 0.6 is 11.6 Å². The molecule has 0 unspecified atom stereocenters. The highest BCUT2D eigenvalue weighted by Crippen LogP contribution is 2.23. The summed E-state index contributed by atoms with van der Waals surface area (Å²) in [7, 11) is -3.74. The molecule has 8 heteroatoms. The highest BCUT2D eigenvalue weighted by atomic mass is 35.5. The Balaban J connectivity index is 1.70. The van der Waals surface area contributed by atoms with E-state index in [1.165, 1.54) is 12.1 Å². The molecule has 0 aliphatic carbocycles. The van der Waals surface area contributed by atoms with E-state index >= 15 is 0 Å². The van der Waals surface area contributed by atoms with Crippen molar-refractivity contribution in [1.29, 1.82) is 0 Å².